The quantitative estimate of drug-likeness (QED) is 0.805. The van der Waals surface area contributed by atoms with Gasteiger partial charge in [-0.25, -0.2) is 0 Å². The van der Waals surface area contributed by atoms with E-state index in [4.69, 9.17) is 14.2 Å². The zero-order valence-corrected chi connectivity index (χ0v) is 15.8. The summed E-state index contributed by atoms with van der Waals surface area (Å²) in [6.07, 6.45) is 1.46. The molecule has 6 heteroatoms. The third-order valence-corrected chi connectivity index (χ3v) is 5.08. The molecule has 1 aliphatic heterocycles. The first-order chi connectivity index (χ1) is 13.1. The van der Waals surface area contributed by atoms with E-state index in [1.807, 2.05) is 47.4 Å². The molecule has 2 unspecified atom stereocenters. The van der Waals surface area contributed by atoms with Crippen LogP contribution < -0.4 is 14.2 Å². The van der Waals surface area contributed by atoms with Gasteiger partial charge in [0.05, 0.1) is 32.9 Å². The van der Waals surface area contributed by atoms with Crippen LogP contribution in [0.5, 0.6) is 17.2 Å². The summed E-state index contributed by atoms with van der Waals surface area (Å²) in [5.74, 6) is 1.29. The Balaban J connectivity index is 2.17. The predicted molar refractivity (Wildman–Crippen MR) is 102 cm³/mol. The van der Waals surface area contributed by atoms with Crippen molar-refractivity contribution in [2.24, 2.45) is 0 Å². The first-order valence-corrected chi connectivity index (χ1v) is 8.94. The third-order valence-electron chi connectivity index (χ3n) is 5.08. The molecule has 1 saturated heterocycles. The van der Waals surface area contributed by atoms with Crippen molar-refractivity contribution in [2.75, 3.05) is 27.9 Å². The van der Waals surface area contributed by atoms with Crippen LogP contribution >= 0.6 is 0 Å². The zero-order valence-electron chi connectivity index (χ0n) is 15.8. The number of aliphatic carboxylic acids is 1. The van der Waals surface area contributed by atoms with Crippen molar-refractivity contribution in [3.05, 3.63) is 53.6 Å². The molecule has 27 heavy (non-hydrogen) atoms. The first kappa shape index (κ1) is 19.0. The molecule has 0 amide bonds. The summed E-state index contributed by atoms with van der Waals surface area (Å²) < 4.78 is 16.5. The van der Waals surface area contributed by atoms with Crippen molar-refractivity contribution in [3.8, 4) is 17.2 Å². The number of carboxylic acids is 1. The molecule has 1 heterocycles. The maximum atomic E-state index is 11.9. The van der Waals surface area contributed by atoms with Gasteiger partial charge in [-0.1, -0.05) is 18.2 Å². The molecule has 0 aliphatic carbocycles. The van der Waals surface area contributed by atoms with Gasteiger partial charge in [0, 0.05) is 6.54 Å². The summed E-state index contributed by atoms with van der Waals surface area (Å²) in [7, 11) is 4.85. The van der Waals surface area contributed by atoms with Crippen LogP contribution in [0.15, 0.2) is 42.5 Å². The average Bonchev–Trinajstić information content (AvgIpc) is 3.18. The van der Waals surface area contributed by atoms with Gasteiger partial charge in [0.25, 0.3) is 0 Å². The van der Waals surface area contributed by atoms with Crippen molar-refractivity contribution in [1.29, 1.82) is 0 Å². The molecule has 1 aliphatic rings. The fourth-order valence-corrected chi connectivity index (χ4v) is 3.82. The Labute approximate surface area is 159 Å². The van der Waals surface area contributed by atoms with Crippen LogP contribution in [0.3, 0.4) is 0 Å². The van der Waals surface area contributed by atoms with Gasteiger partial charge in [0.2, 0.25) is 0 Å². The highest BCUT2D eigenvalue weighted by atomic mass is 16.5. The number of benzene rings is 2. The molecule has 2 aromatic rings. The van der Waals surface area contributed by atoms with Crippen LogP contribution in [0, 0.1) is 0 Å². The van der Waals surface area contributed by atoms with E-state index >= 15 is 0 Å². The largest absolute Gasteiger partial charge is 0.497 e. The Morgan fingerprint density at radius 3 is 2.19 bits per heavy atom. The lowest BCUT2D eigenvalue weighted by atomic mass is 9.94. The maximum absolute atomic E-state index is 11.9. The molecule has 1 N–H and O–H groups in total. The van der Waals surface area contributed by atoms with Crippen LogP contribution in [0.1, 0.15) is 30.0 Å². The summed E-state index contributed by atoms with van der Waals surface area (Å²) in [5.41, 5.74) is 1.80. The normalized spacial score (nSPS) is 18.1. The summed E-state index contributed by atoms with van der Waals surface area (Å²) in [5, 5.41) is 9.74. The molecule has 1 fully saturated rings. The minimum Gasteiger partial charge on any atom is -0.497 e. The molecule has 2 atom stereocenters. The van der Waals surface area contributed by atoms with Gasteiger partial charge in [-0.3, -0.25) is 9.69 Å². The number of methoxy groups -OCH3 is 3. The van der Waals surface area contributed by atoms with E-state index in [0.717, 1.165) is 23.3 Å². The maximum Gasteiger partial charge on any atom is 0.320 e. The highest BCUT2D eigenvalue weighted by molar-refractivity contribution is 5.74. The molecule has 0 spiro atoms. The molecular formula is C21H25NO5. The SMILES string of the molecule is COc1ccc(C(c2c(OC)cccc2OC)N2CCCC2C(=O)O)cc1. The van der Waals surface area contributed by atoms with Crippen molar-refractivity contribution in [2.45, 2.75) is 24.9 Å². The van der Waals surface area contributed by atoms with Crippen LogP contribution in [-0.4, -0.2) is 49.9 Å². The van der Waals surface area contributed by atoms with E-state index in [2.05, 4.69) is 0 Å². The topological polar surface area (TPSA) is 68.2 Å². The molecule has 0 radical (unpaired) electrons. The van der Waals surface area contributed by atoms with Crippen LogP contribution in [0.2, 0.25) is 0 Å². The van der Waals surface area contributed by atoms with E-state index < -0.39 is 12.0 Å². The summed E-state index contributed by atoms with van der Waals surface area (Å²) in [6, 6.07) is 12.5. The Bertz CT molecular complexity index is 767. The number of rotatable bonds is 7. The van der Waals surface area contributed by atoms with Crippen molar-refractivity contribution in [1.82, 2.24) is 4.90 Å². The molecule has 144 valence electrons. The molecule has 0 saturated carbocycles. The lowest BCUT2D eigenvalue weighted by Gasteiger charge is -2.33. The van der Waals surface area contributed by atoms with E-state index in [9.17, 15) is 9.90 Å². The van der Waals surface area contributed by atoms with E-state index in [-0.39, 0.29) is 6.04 Å². The minimum atomic E-state index is -0.806. The van der Waals surface area contributed by atoms with E-state index in [1.54, 1.807) is 21.3 Å². The number of hydrogen-bond acceptors (Lipinski definition) is 5. The van der Waals surface area contributed by atoms with Gasteiger partial charge < -0.3 is 19.3 Å². The number of carboxylic acid groups (broad SMARTS) is 1. The van der Waals surface area contributed by atoms with Gasteiger partial charge in [-0.15, -0.1) is 0 Å². The lowest BCUT2D eigenvalue weighted by molar-refractivity contribution is -0.142. The van der Waals surface area contributed by atoms with Crippen molar-refractivity contribution < 1.29 is 24.1 Å². The molecular weight excluding hydrogens is 346 g/mol. The van der Waals surface area contributed by atoms with Gasteiger partial charge >= 0.3 is 5.97 Å². The highest BCUT2D eigenvalue weighted by Gasteiger charge is 2.39. The minimum absolute atomic E-state index is 0.300. The van der Waals surface area contributed by atoms with Gasteiger partial charge in [0.1, 0.15) is 23.3 Å². The number of likely N-dealkylation sites (tertiary alicyclic amines) is 1. The fourth-order valence-electron chi connectivity index (χ4n) is 3.82. The third kappa shape index (κ3) is 3.71. The highest BCUT2D eigenvalue weighted by Crippen LogP contribution is 2.43. The summed E-state index contributed by atoms with van der Waals surface area (Å²) >= 11 is 0. The Hall–Kier alpha value is -2.73. The van der Waals surface area contributed by atoms with Gasteiger partial charge in [-0.2, -0.15) is 0 Å². The molecule has 6 nitrogen and oxygen atoms in total. The van der Waals surface area contributed by atoms with Gasteiger partial charge in [0.15, 0.2) is 0 Å². The second-order valence-corrected chi connectivity index (χ2v) is 6.49. The van der Waals surface area contributed by atoms with Crippen LogP contribution in [-0.2, 0) is 4.79 Å². The summed E-state index contributed by atoms with van der Waals surface area (Å²) in [4.78, 5) is 13.9. The van der Waals surface area contributed by atoms with E-state index in [1.165, 1.54) is 0 Å². The standard InChI is InChI=1S/C21H25NO5/c1-25-15-11-9-14(10-12-15)20(22-13-5-6-16(22)21(23)24)19-17(26-2)7-4-8-18(19)27-3/h4,7-12,16,20H,5-6,13H2,1-3H3,(H,23,24). The number of hydrogen-bond donors (Lipinski definition) is 1. The van der Waals surface area contributed by atoms with E-state index in [0.29, 0.717) is 24.5 Å². The lowest BCUT2D eigenvalue weighted by Crippen LogP contribution is -2.39. The van der Waals surface area contributed by atoms with Crippen molar-refractivity contribution >= 4 is 5.97 Å². The monoisotopic (exact) mass is 371 g/mol. The smallest absolute Gasteiger partial charge is 0.320 e. The second-order valence-electron chi connectivity index (χ2n) is 6.49. The molecule has 2 aromatic carbocycles. The number of ether oxygens (including phenoxy) is 3. The Morgan fingerprint density at radius 1 is 1.04 bits per heavy atom. The fraction of sp³-hybridized carbons (Fsp3) is 0.381. The molecule has 3 rings (SSSR count). The van der Waals surface area contributed by atoms with Crippen LogP contribution in [0.25, 0.3) is 0 Å². The zero-order chi connectivity index (χ0) is 19.4. The van der Waals surface area contributed by atoms with Crippen molar-refractivity contribution in [3.63, 3.8) is 0 Å². The first-order valence-electron chi connectivity index (χ1n) is 8.94. The molecule has 0 aromatic heterocycles. The van der Waals surface area contributed by atoms with Crippen LogP contribution in [0.4, 0.5) is 0 Å². The second kappa shape index (κ2) is 8.31. The Kier molecular flexibility index (Phi) is 5.86. The predicted octanol–water partition coefficient (Wildman–Crippen LogP) is 3.35. The Morgan fingerprint density at radius 2 is 1.67 bits per heavy atom. The molecule has 0 bridgehead atoms. The summed E-state index contributed by atoms with van der Waals surface area (Å²) in [6.45, 7) is 0.689. The number of carbonyl (C=O) groups is 1. The average molecular weight is 371 g/mol. The van der Waals surface area contributed by atoms with Gasteiger partial charge in [-0.05, 0) is 42.7 Å². The number of nitrogens with zero attached hydrogens (tertiary/aromatic N) is 1.